The van der Waals surface area contributed by atoms with E-state index in [1.807, 2.05) is 61.2 Å². The van der Waals surface area contributed by atoms with Crippen LogP contribution in [0, 0.1) is 0 Å². The molecule has 0 unspecified atom stereocenters. The molecule has 1 aromatic carbocycles. The molecule has 4 heteroatoms. The number of anilines is 1. The first kappa shape index (κ1) is 15.0. The zero-order valence-corrected chi connectivity index (χ0v) is 12.6. The first-order chi connectivity index (χ1) is 10.3. The Morgan fingerprint density at radius 2 is 1.76 bits per heavy atom. The van der Waals surface area contributed by atoms with Crippen LogP contribution < -0.4 is 4.90 Å². The molecule has 110 valence electrons. The van der Waals surface area contributed by atoms with E-state index in [2.05, 4.69) is 4.98 Å². The van der Waals surface area contributed by atoms with Gasteiger partial charge in [0.25, 0.3) is 0 Å². The second-order valence-corrected chi connectivity index (χ2v) is 4.74. The maximum absolute atomic E-state index is 12.7. The van der Waals surface area contributed by atoms with Crippen molar-refractivity contribution in [1.29, 1.82) is 0 Å². The summed E-state index contributed by atoms with van der Waals surface area (Å²) >= 11 is 0. The molecule has 2 rings (SSSR count). The Bertz CT molecular complexity index is 553. The standard InChI is InChI=1S/C17H21N3O/c1-3-19(4-2)17(21)20(16-10-6-5-7-11-16)14-15-9-8-12-18-13-15/h5-13H,3-4,14H2,1-2H3. The lowest BCUT2D eigenvalue weighted by atomic mass is 10.2. The zero-order valence-electron chi connectivity index (χ0n) is 12.6. The van der Waals surface area contributed by atoms with E-state index in [4.69, 9.17) is 0 Å². The second-order valence-electron chi connectivity index (χ2n) is 4.74. The fourth-order valence-electron chi connectivity index (χ4n) is 2.22. The van der Waals surface area contributed by atoms with E-state index < -0.39 is 0 Å². The van der Waals surface area contributed by atoms with Crippen LogP contribution in [0.2, 0.25) is 0 Å². The van der Waals surface area contributed by atoms with Gasteiger partial charge >= 0.3 is 6.03 Å². The molecular weight excluding hydrogens is 262 g/mol. The first-order valence-electron chi connectivity index (χ1n) is 7.26. The third kappa shape index (κ3) is 3.81. The van der Waals surface area contributed by atoms with Crippen molar-refractivity contribution in [2.45, 2.75) is 20.4 Å². The quantitative estimate of drug-likeness (QED) is 0.841. The predicted octanol–water partition coefficient (Wildman–Crippen LogP) is 3.55. The fourth-order valence-corrected chi connectivity index (χ4v) is 2.22. The number of carbonyl (C=O) groups is 1. The van der Waals surface area contributed by atoms with Crippen molar-refractivity contribution in [1.82, 2.24) is 9.88 Å². The van der Waals surface area contributed by atoms with Gasteiger partial charge in [-0.25, -0.2) is 4.79 Å². The molecule has 0 spiro atoms. The normalized spacial score (nSPS) is 10.2. The summed E-state index contributed by atoms with van der Waals surface area (Å²) in [7, 11) is 0. The summed E-state index contributed by atoms with van der Waals surface area (Å²) in [6.07, 6.45) is 3.54. The minimum Gasteiger partial charge on any atom is -0.325 e. The number of rotatable bonds is 5. The summed E-state index contributed by atoms with van der Waals surface area (Å²) in [5.41, 5.74) is 1.92. The monoisotopic (exact) mass is 283 g/mol. The minimum absolute atomic E-state index is 0.0232. The number of para-hydroxylation sites is 1. The number of amides is 2. The molecule has 0 radical (unpaired) electrons. The van der Waals surface area contributed by atoms with Gasteiger partial charge in [0.15, 0.2) is 0 Å². The Morgan fingerprint density at radius 1 is 1.05 bits per heavy atom. The summed E-state index contributed by atoms with van der Waals surface area (Å²) in [4.78, 5) is 20.5. The number of aromatic nitrogens is 1. The average Bonchev–Trinajstić information content (AvgIpc) is 2.55. The molecule has 2 aromatic rings. The molecule has 0 aliphatic rings. The van der Waals surface area contributed by atoms with Crippen LogP contribution in [0.1, 0.15) is 19.4 Å². The molecule has 2 amide bonds. The molecule has 1 aromatic heterocycles. The maximum atomic E-state index is 12.7. The zero-order chi connectivity index (χ0) is 15.1. The van der Waals surface area contributed by atoms with Gasteiger partial charge in [-0.2, -0.15) is 0 Å². The van der Waals surface area contributed by atoms with Gasteiger partial charge in [0.05, 0.1) is 6.54 Å². The van der Waals surface area contributed by atoms with E-state index in [9.17, 15) is 4.79 Å². The summed E-state index contributed by atoms with van der Waals surface area (Å²) < 4.78 is 0. The van der Waals surface area contributed by atoms with Gasteiger partial charge < -0.3 is 4.90 Å². The molecular formula is C17H21N3O. The highest BCUT2D eigenvalue weighted by atomic mass is 16.2. The van der Waals surface area contributed by atoms with Crippen molar-refractivity contribution in [3.8, 4) is 0 Å². The summed E-state index contributed by atoms with van der Waals surface area (Å²) in [5.74, 6) is 0. The van der Waals surface area contributed by atoms with E-state index in [1.165, 1.54) is 0 Å². The molecule has 21 heavy (non-hydrogen) atoms. The molecule has 0 N–H and O–H groups in total. The fraction of sp³-hybridized carbons (Fsp3) is 0.294. The number of carbonyl (C=O) groups excluding carboxylic acids is 1. The van der Waals surface area contributed by atoms with Crippen LogP contribution in [-0.2, 0) is 6.54 Å². The van der Waals surface area contributed by atoms with Crippen LogP contribution >= 0.6 is 0 Å². The van der Waals surface area contributed by atoms with E-state index in [0.29, 0.717) is 19.6 Å². The summed E-state index contributed by atoms with van der Waals surface area (Å²) in [6, 6.07) is 13.7. The lowest BCUT2D eigenvalue weighted by Crippen LogP contribution is -2.42. The predicted molar refractivity (Wildman–Crippen MR) is 85.2 cm³/mol. The van der Waals surface area contributed by atoms with Gasteiger partial charge in [0.1, 0.15) is 0 Å². The van der Waals surface area contributed by atoms with Crippen LogP contribution in [-0.4, -0.2) is 29.0 Å². The van der Waals surface area contributed by atoms with Crippen molar-refractivity contribution in [3.05, 3.63) is 60.4 Å². The Balaban J connectivity index is 2.29. The van der Waals surface area contributed by atoms with Crippen molar-refractivity contribution in [2.75, 3.05) is 18.0 Å². The molecule has 0 saturated heterocycles. The summed E-state index contributed by atoms with van der Waals surface area (Å²) in [6.45, 7) is 5.91. The molecule has 1 heterocycles. The lowest BCUT2D eigenvalue weighted by Gasteiger charge is -2.29. The Morgan fingerprint density at radius 3 is 2.33 bits per heavy atom. The number of hydrogen-bond acceptors (Lipinski definition) is 2. The van der Waals surface area contributed by atoms with Crippen LogP contribution in [0.4, 0.5) is 10.5 Å². The van der Waals surface area contributed by atoms with Gasteiger partial charge in [-0.3, -0.25) is 9.88 Å². The highest BCUT2D eigenvalue weighted by Gasteiger charge is 2.20. The van der Waals surface area contributed by atoms with Crippen LogP contribution in [0.5, 0.6) is 0 Å². The van der Waals surface area contributed by atoms with Crippen LogP contribution in [0.15, 0.2) is 54.9 Å². The van der Waals surface area contributed by atoms with Crippen molar-refractivity contribution < 1.29 is 4.79 Å². The third-order valence-electron chi connectivity index (χ3n) is 3.40. The third-order valence-corrected chi connectivity index (χ3v) is 3.40. The van der Waals surface area contributed by atoms with E-state index >= 15 is 0 Å². The minimum atomic E-state index is 0.0232. The molecule has 0 aliphatic heterocycles. The smallest absolute Gasteiger partial charge is 0.324 e. The highest BCUT2D eigenvalue weighted by molar-refractivity contribution is 5.91. The maximum Gasteiger partial charge on any atom is 0.324 e. The van der Waals surface area contributed by atoms with Crippen LogP contribution in [0.3, 0.4) is 0 Å². The average molecular weight is 283 g/mol. The molecule has 0 atom stereocenters. The Hall–Kier alpha value is -2.36. The number of benzene rings is 1. The van der Waals surface area contributed by atoms with Crippen molar-refractivity contribution in [2.24, 2.45) is 0 Å². The van der Waals surface area contributed by atoms with Gasteiger partial charge in [-0.05, 0) is 37.6 Å². The van der Waals surface area contributed by atoms with E-state index in [0.717, 1.165) is 11.3 Å². The topological polar surface area (TPSA) is 36.4 Å². The Kier molecular flexibility index (Phi) is 5.32. The Labute approximate surface area is 126 Å². The second kappa shape index (κ2) is 7.43. The van der Waals surface area contributed by atoms with Crippen molar-refractivity contribution >= 4 is 11.7 Å². The van der Waals surface area contributed by atoms with Gasteiger partial charge in [0, 0.05) is 31.2 Å². The van der Waals surface area contributed by atoms with Gasteiger partial charge in [0.2, 0.25) is 0 Å². The molecule has 4 nitrogen and oxygen atoms in total. The molecule has 0 fully saturated rings. The summed E-state index contributed by atoms with van der Waals surface area (Å²) in [5, 5.41) is 0. The number of nitrogens with zero attached hydrogens (tertiary/aromatic N) is 3. The lowest BCUT2D eigenvalue weighted by molar-refractivity contribution is 0.209. The van der Waals surface area contributed by atoms with Gasteiger partial charge in [-0.1, -0.05) is 24.3 Å². The first-order valence-corrected chi connectivity index (χ1v) is 7.26. The molecule has 0 bridgehead atoms. The number of pyridine rings is 1. The SMILES string of the molecule is CCN(CC)C(=O)N(Cc1cccnc1)c1ccccc1. The van der Waals surface area contributed by atoms with Crippen molar-refractivity contribution in [3.63, 3.8) is 0 Å². The molecule has 0 saturated carbocycles. The number of hydrogen-bond donors (Lipinski definition) is 0. The van der Waals surface area contributed by atoms with Crippen LogP contribution in [0.25, 0.3) is 0 Å². The van der Waals surface area contributed by atoms with E-state index in [-0.39, 0.29) is 6.03 Å². The number of urea groups is 1. The molecule has 0 aliphatic carbocycles. The highest BCUT2D eigenvalue weighted by Crippen LogP contribution is 2.18. The van der Waals surface area contributed by atoms with Gasteiger partial charge in [-0.15, -0.1) is 0 Å². The largest absolute Gasteiger partial charge is 0.325 e. The van der Waals surface area contributed by atoms with E-state index in [1.54, 1.807) is 17.3 Å².